The van der Waals surface area contributed by atoms with Crippen LogP contribution in [0.25, 0.3) is 10.9 Å². The topological polar surface area (TPSA) is 98.9 Å². The number of aryl methyl sites for hydroxylation is 2. The molecule has 2 aromatic heterocycles. The Morgan fingerprint density at radius 3 is 2.38 bits per heavy atom. The summed E-state index contributed by atoms with van der Waals surface area (Å²) in [4.78, 5) is 19.8. The number of fused-ring (bicyclic) bond motifs is 1. The van der Waals surface area contributed by atoms with Crippen LogP contribution in [0.5, 0.6) is 0 Å². The van der Waals surface area contributed by atoms with Crippen molar-refractivity contribution in [3.8, 4) is 0 Å². The van der Waals surface area contributed by atoms with E-state index in [1.807, 2.05) is 19.1 Å². The monoisotopic (exact) mass is 559 g/mol. The molecule has 0 atom stereocenters. The first-order valence-electron chi connectivity index (χ1n) is 10.1. The minimum absolute atomic E-state index is 0.157. The summed E-state index contributed by atoms with van der Waals surface area (Å²) in [5.74, 6) is -0.343. The van der Waals surface area contributed by atoms with Gasteiger partial charge in [0.05, 0.1) is 0 Å². The Hall–Kier alpha value is -2.66. The molecule has 2 heterocycles. The summed E-state index contributed by atoms with van der Waals surface area (Å²) in [5, 5.41) is 12.0. The van der Waals surface area contributed by atoms with Gasteiger partial charge in [0.15, 0.2) is 0 Å². The molecular weight excluding hydrogens is 533 g/mol. The Morgan fingerprint density at radius 1 is 1.09 bits per heavy atom. The van der Waals surface area contributed by atoms with Gasteiger partial charge >= 0.3 is 192 Å². The van der Waals surface area contributed by atoms with E-state index >= 15 is 0 Å². The normalized spacial score (nSPS) is 12.3. The van der Waals surface area contributed by atoms with Gasteiger partial charge in [0, 0.05) is 0 Å². The number of nitrogens with zero attached hydrogens (tertiary/aromatic N) is 4. The first-order chi connectivity index (χ1) is 15.0. The van der Waals surface area contributed by atoms with E-state index in [4.69, 9.17) is 0 Å². The second kappa shape index (κ2) is 8.04. The van der Waals surface area contributed by atoms with E-state index in [0.29, 0.717) is 22.3 Å². The fraction of sp³-hybridized carbons (Fsp3) is 0.227. The first-order valence-corrected chi connectivity index (χ1v) is 21.6. The Labute approximate surface area is 191 Å². The maximum absolute atomic E-state index is 13.3. The molecule has 4 rings (SSSR count). The van der Waals surface area contributed by atoms with Gasteiger partial charge in [-0.25, -0.2) is 0 Å². The molecule has 0 aliphatic carbocycles. The van der Waals surface area contributed by atoms with Crippen molar-refractivity contribution in [3.05, 3.63) is 66.1 Å². The molecular formula is C22H25N5O3SSn. The van der Waals surface area contributed by atoms with Crippen molar-refractivity contribution in [2.24, 2.45) is 7.05 Å². The third-order valence-electron chi connectivity index (χ3n) is 5.27. The van der Waals surface area contributed by atoms with Crippen LogP contribution in [0.2, 0.25) is 14.8 Å². The number of carbonyl (C=O) groups excluding carboxylic acids is 1. The van der Waals surface area contributed by atoms with E-state index < -0.39 is 28.4 Å². The zero-order valence-electron chi connectivity index (χ0n) is 18.6. The quantitative estimate of drug-likeness (QED) is 0.380. The second-order valence-corrected chi connectivity index (χ2v) is 25.1. The van der Waals surface area contributed by atoms with E-state index in [9.17, 15) is 13.2 Å². The number of hydrogen-bond donors (Lipinski definition) is 1. The van der Waals surface area contributed by atoms with Crippen LogP contribution in [0.3, 0.4) is 0 Å². The molecule has 32 heavy (non-hydrogen) atoms. The SMILES string of the molecule is Cc1cn(C)nc1C(=O)Nc1c[c]([Sn]([CH3])([CH3])[CH3])cc2c1cnn2S(=O)(=O)c1ccccc1. The Bertz CT molecular complexity index is 1430. The Kier molecular flexibility index (Phi) is 5.66. The standard InChI is InChI=1S/C19H16N5O3S.3CH3.Sn/c1-13-12-23(2)22-18(13)19(25)21-16-9-6-10-17-15(16)11-20-24(17)28(26,27)14-7-4-3-5-8-14;;;;/h3-5,7-12H,1-2H3,(H,21,25);3*1H3;. The molecule has 0 saturated carbocycles. The number of carbonyl (C=O) groups is 1. The van der Waals surface area contributed by atoms with Gasteiger partial charge in [-0.1, -0.05) is 0 Å². The third kappa shape index (κ3) is 4.06. The second-order valence-electron chi connectivity index (χ2n) is 8.80. The van der Waals surface area contributed by atoms with E-state index in [2.05, 4.69) is 30.3 Å². The van der Waals surface area contributed by atoms with Crippen LogP contribution in [0.15, 0.2) is 59.8 Å². The zero-order chi connectivity index (χ0) is 23.3. The number of nitrogens with one attached hydrogen (secondary N) is 1. The molecule has 10 heteroatoms. The van der Waals surface area contributed by atoms with Crippen LogP contribution in [-0.4, -0.2) is 51.7 Å². The molecule has 1 N–H and O–H groups in total. The number of hydrogen-bond acceptors (Lipinski definition) is 5. The molecule has 2 aromatic carbocycles. The minimum atomic E-state index is -3.88. The fourth-order valence-electron chi connectivity index (χ4n) is 3.54. The predicted molar refractivity (Wildman–Crippen MR) is 128 cm³/mol. The van der Waals surface area contributed by atoms with Crippen molar-refractivity contribution in [3.63, 3.8) is 0 Å². The summed E-state index contributed by atoms with van der Waals surface area (Å²) in [6.07, 6.45) is 3.26. The van der Waals surface area contributed by atoms with Crippen molar-refractivity contribution in [2.75, 3.05) is 5.32 Å². The molecule has 0 unspecified atom stereocenters. The third-order valence-corrected chi connectivity index (χ3v) is 12.6. The van der Waals surface area contributed by atoms with Gasteiger partial charge in [0.1, 0.15) is 0 Å². The Balaban J connectivity index is 1.89. The summed E-state index contributed by atoms with van der Waals surface area (Å²) in [6, 6.07) is 12.1. The van der Waals surface area contributed by atoms with Crippen molar-refractivity contribution in [1.82, 2.24) is 19.0 Å². The maximum atomic E-state index is 13.3. The number of rotatable bonds is 5. The summed E-state index contributed by atoms with van der Waals surface area (Å²) >= 11 is -2.66. The van der Waals surface area contributed by atoms with Crippen molar-refractivity contribution in [2.45, 2.75) is 26.6 Å². The average Bonchev–Trinajstić information content (AvgIpc) is 3.31. The number of amides is 1. The number of benzene rings is 2. The predicted octanol–water partition coefficient (Wildman–Crippen LogP) is 3.11. The van der Waals surface area contributed by atoms with Gasteiger partial charge in [-0.05, 0) is 0 Å². The zero-order valence-corrected chi connectivity index (χ0v) is 22.3. The van der Waals surface area contributed by atoms with Crippen LogP contribution in [0.4, 0.5) is 5.69 Å². The molecule has 0 bridgehead atoms. The Morgan fingerprint density at radius 2 is 1.78 bits per heavy atom. The van der Waals surface area contributed by atoms with Crippen LogP contribution < -0.4 is 8.90 Å². The molecule has 0 fully saturated rings. The summed E-state index contributed by atoms with van der Waals surface area (Å²) in [6.45, 7) is 1.82. The van der Waals surface area contributed by atoms with Gasteiger partial charge < -0.3 is 0 Å². The van der Waals surface area contributed by atoms with Crippen LogP contribution in [-0.2, 0) is 17.1 Å². The average molecular weight is 558 g/mol. The molecule has 4 aromatic rings. The number of anilines is 1. The van der Waals surface area contributed by atoms with E-state index in [-0.39, 0.29) is 10.8 Å². The first kappa shape index (κ1) is 22.5. The van der Waals surface area contributed by atoms with Crippen LogP contribution >= 0.6 is 0 Å². The van der Waals surface area contributed by atoms with E-state index in [1.54, 1.807) is 48.3 Å². The molecule has 166 valence electrons. The summed E-state index contributed by atoms with van der Waals surface area (Å²) in [7, 11) is -2.13. The van der Waals surface area contributed by atoms with Crippen molar-refractivity contribution in [1.29, 1.82) is 0 Å². The number of aromatic nitrogens is 4. The van der Waals surface area contributed by atoms with Gasteiger partial charge in [-0.3, -0.25) is 0 Å². The molecule has 0 radical (unpaired) electrons. The molecule has 0 saturated heterocycles. The van der Waals surface area contributed by atoms with E-state index in [0.717, 1.165) is 13.2 Å². The fourth-order valence-corrected chi connectivity index (χ4v) is 8.09. The van der Waals surface area contributed by atoms with Gasteiger partial charge in [0.2, 0.25) is 0 Å². The van der Waals surface area contributed by atoms with Gasteiger partial charge in [-0.2, -0.15) is 0 Å². The van der Waals surface area contributed by atoms with Crippen LogP contribution in [0, 0.1) is 6.92 Å². The van der Waals surface area contributed by atoms with Gasteiger partial charge in [0.25, 0.3) is 0 Å². The summed E-state index contributed by atoms with van der Waals surface area (Å²) < 4.78 is 30.3. The molecule has 8 nitrogen and oxygen atoms in total. The van der Waals surface area contributed by atoms with Crippen molar-refractivity contribution < 1.29 is 13.2 Å². The molecule has 1 amide bonds. The van der Waals surface area contributed by atoms with Crippen LogP contribution in [0.1, 0.15) is 16.1 Å². The van der Waals surface area contributed by atoms with E-state index in [1.165, 1.54) is 6.20 Å². The molecule has 0 aliphatic rings. The van der Waals surface area contributed by atoms with Crippen molar-refractivity contribution >= 4 is 54.5 Å². The molecule has 0 spiro atoms. The summed E-state index contributed by atoms with van der Waals surface area (Å²) in [5.41, 5.74) is 2.07. The molecule has 0 aliphatic heterocycles. The van der Waals surface area contributed by atoms with Gasteiger partial charge in [-0.15, -0.1) is 0 Å².